The van der Waals surface area contributed by atoms with E-state index in [1.165, 1.54) is 4.88 Å². The summed E-state index contributed by atoms with van der Waals surface area (Å²) >= 11 is 1.64. The quantitative estimate of drug-likeness (QED) is 0.550. The van der Waals surface area contributed by atoms with Gasteiger partial charge in [-0.05, 0) is 37.1 Å². The summed E-state index contributed by atoms with van der Waals surface area (Å²) in [5.41, 5.74) is 3.46. The normalized spacial score (nSPS) is 11.9. The maximum atomic E-state index is 12.6. The molecule has 0 aliphatic rings. The summed E-state index contributed by atoms with van der Waals surface area (Å²) in [6, 6.07) is 14.8. The van der Waals surface area contributed by atoms with E-state index < -0.39 is 10.0 Å². The fourth-order valence-electron chi connectivity index (χ4n) is 3.00. The summed E-state index contributed by atoms with van der Waals surface area (Å²) in [5.74, 6) is 0. The van der Waals surface area contributed by atoms with Crippen molar-refractivity contribution in [2.24, 2.45) is 0 Å². The van der Waals surface area contributed by atoms with Gasteiger partial charge in [-0.3, -0.25) is 4.40 Å². The first-order valence-corrected chi connectivity index (χ1v) is 10.8. The Balaban J connectivity index is 1.56. The molecule has 0 amide bonds. The molecule has 4 rings (SSSR count). The molecular formula is C20H19N3O2S2. The average molecular weight is 398 g/mol. The molecule has 0 aliphatic heterocycles. The van der Waals surface area contributed by atoms with Gasteiger partial charge in [-0.25, -0.2) is 18.1 Å². The Morgan fingerprint density at radius 3 is 2.67 bits per heavy atom. The highest BCUT2D eigenvalue weighted by atomic mass is 32.2. The number of benzene rings is 2. The van der Waals surface area contributed by atoms with Gasteiger partial charge < -0.3 is 0 Å². The number of thiazole rings is 1. The van der Waals surface area contributed by atoms with Crippen molar-refractivity contribution in [2.75, 3.05) is 0 Å². The van der Waals surface area contributed by atoms with Crippen molar-refractivity contribution in [1.29, 1.82) is 0 Å². The van der Waals surface area contributed by atoms with Crippen molar-refractivity contribution < 1.29 is 8.42 Å². The molecule has 7 heteroatoms. The first-order valence-electron chi connectivity index (χ1n) is 8.52. The van der Waals surface area contributed by atoms with E-state index in [2.05, 4.69) is 22.8 Å². The van der Waals surface area contributed by atoms with Crippen molar-refractivity contribution in [2.45, 2.75) is 25.3 Å². The number of aromatic nitrogens is 2. The molecule has 138 valence electrons. The minimum atomic E-state index is -3.55. The van der Waals surface area contributed by atoms with Gasteiger partial charge in [0.2, 0.25) is 10.0 Å². The minimum Gasteiger partial charge on any atom is -0.297 e. The van der Waals surface area contributed by atoms with Gasteiger partial charge in [0, 0.05) is 29.4 Å². The van der Waals surface area contributed by atoms with Crippen molar-refractivity contribution in [3.05, 3.63) is 76.9 Å². The molecule has 2 heterocycles. The molecule has 4 aromatic rings. The molecule has 0 saturated carbocycles. The molecule has 0 saturated heterocycles. The number of hydrogen-bond donors (Lipinski definition) is 1. The first-order chi connectivity index (χ1) is 12.9. The number of imidazole rings is 1. The highest BCUT2D eigenvalue weighted by molar-refractivity contribution is 7.89. The lowest BCUT2D eigenvalue weighted by atomic mass is 10.1. The van der Waals surface area contributed by atoms with Crippen LogP contribution in [0.4, 0.5) is 0 Å². The van der Waals surface area contributed by atoms with Crippen LogP contribution in [0.1, 0.15) is 16.0 Å². The summed E-state index contributed by atoms with van der Waals surface area (Å²) in [6.07, 6.45) is 4.05. The van der Waals surface area contributed by atoms with Crippen LogP contribution in [0.5, 0.6) is 0 Å². The van der Waals surface area contributed by atoms with E-state index in [-0.39, 0.29) is 6.54 Å². The molecular weight excluding hydrogens is 378 g/mol. The molecule has 0 fully saturated rings. The van der Waals surface area contributed by atoms with Gasteiger partial charge in [0.25, 0.3) is 0 Å². The Morgan fingerprint density at radius 2 is 1.89 bits per heavy atom. The molecule has 5 nitrogen and oxygen atoms in total. The summed E-state index contributed by atoms with van der Waals surface area (Å²) < 4.78 is 29.8. The predicted molar refractivity (Wildman–Crippen MR) is 108 cm³/mol. The van der Waals surface area contributed by atoms with E-state index in [0.29, 0.717) is 4.90 Å². The van der Waals surface area contributed by atoms with Crippen LogP contribution in [-0.2, 0) is 16.6 Å². The fourth-order valence-corrected chi connectivity index (χ4v) is 5.08. The Morgan fingerprint density at radius 1 is 1.07 bits per heavy atom. The molecule has 0 radical (unpaired) electrons. The Kier molecular flexibility index (Phi) is 4.59. The van der Waals surface area contributed by atoms with E-state index in [1.807, 2.05) is 40.9 Å². The number of fused-ring (bicyclic) bond motifs is 1. The molecule has 0 atom stereocenters. The largest absolute Gasteiger partial charge is 0.297 e. The van der Waals surface area contributed by atoms with E-state index in [1.54, 1.807) is 36.5 Å². The summed E-state index contributed by atoms with van der Waals surface area (Å²) in [4.78, 5) is 7.13. The van der Waals surface area contributed by atoms with Gasteiger partial charge in [0.15, 0.2) is 4.96 Å². The smallest absolute Gasteiger partial charge is 0.241 e. The van der Waals surface area contributed by atoms with E-state index in [4.69, 9.17) is 0 Å². The summed E-state index contributed by atoms with van der Waals surface area (Å²) in [7, 11) is -3.55. The molecule has 2 aromatic heterocycles. The van der Waals surface area contributed by atoms with Gasteiger partial charge >= 0.3 is 0 Å². The van der Waals surface area contributed by atoms with E-state index in [9.17, 15) is 8.42 Å². The van der Waals surface area contributed by atoms with E-state index >= 15 is 0 Å². The third-order valence-corrected chi connectivity index (χ3v) is 6.82. The van der Waals surface area contributed by atoms with Gasteiger partial charge in [-0.1, -0.05) is 36.4 Å². The second kappa shape index (κ2) is 6.92. The van der Waals surface area contributed by atoms with Crippen molar-refractivity contribution in [3.63, 3.8) is 0 Å². The third kappa shape index (κ3) is 3.66. The van der Waals surface area contributed by atoms with Crippen molar-refractivity contribution in [1.82, 2.24) is 14.1 Å². The zero-order valence-electron chi connectivity index (χ0n) is 15.0. The lowest BCUT2D eigenvalue weighted by Gasteiger charge is -2.09. The summed E-state index contributed by atoms with van der Waals surface area (Å²) in [5, 5.41) is 0. The van der Waals surface area contributed by atoms with Crippen LogP contribution in [0, 0.1) is 13.8 Å². The highest BCUT2D eigenvalue weighted by Gasteiger charge is 2.16. The van der Waals surface area contributed by atoms with Crippen LogP contribution in [-0.4, -0.2) is 17.8 Å². The lowest BCUT2D eigenvalue weighted by Crippen LogP contribution is -2.23. The van der Waals surface area contributed by atoms with Gasteiger partial charge in [0.05, 0.1) is 10.6 Å². The molecule has 0 aliphatic carbocycles. The van der Waals surface area contributed by atoms with Crippen LogP contribution in [0.25, 0.3) is 16.2 Å². The SMILES string of the molecule is Cc1cn2cc(-c3cccc(CNS(=O)(=O)c4ccccc4C)c3)nc2s1. The third-order valence-electron chi connectivity index (χ3n) is 4.34. The minimum absolute atomic E-state index is 0.228. The second-order valence-electron chi connectivity index (χ2n) is 6.45. The number of nitrogens with one attached hydrogen (secondary N) is 1. The monoisotopic (exact) mass is 397 g/mol. The highest BCUT2D eigenvalue weighted by Crippen LogP contribution is 2.24. The van der Waals surface area contributed by atoms with Crippen molar-refractivity contribution >= 4 is 26.3 Å². The Bertz CT molecular complexity index is 1190. The second-order valence-corrected chi connectivity index (χ2v) is 9.40. The maximum Gasteiger partial charge on any atom is 0.241 e. The van der Waals surface area contributed by atoms with E-state index in [0.717, 1.165) is 27.3 Å². The van der Waals surface area contributed by atoms with Crippen LogP contribution in [0.2, 0.25) is 0 Å². The predicted octanol–water partition coefficient (Wildman–Crippen LogP) is 4.16. The first kappa shape index (κ1) is 17.9. The zero-order valence-corrected chi connectivity index (χ0v) is 16.6. The molecule has 0 bridgehead atoms. The average Bonchev–Trinajstić information content (AvgIpc) is 3.18. The summed E-state index contributed by atoms with van der Waals surface area (Å²) in [6.45, 7) is 4.08. The molecule has 27 heavy (non-hydrogen) atoms. The van der Waals surface area contributed by atoms with Gasteiger partial charge in [0.1, 0.15) is 0 Å². The van der Waals surface area contributed by atoms with Crippen LogP contribution in [0.15, 0.2) is 65.8 Å². The number of nitrogens with zero attached hydrogens (tertiary/aromatic N) is 2. The van der Waals surface area contributed by atoms with Crippen LogP contribution >= 0.6 is 11.3 Å². The Labute approximate surface area is 162 Å². The Hall–Kier alpha value is -2.48. The standard InChI is InChI=1S/C20H19N3O2S2/c1-14-6-3-4-9-19(14)27(24,25)21-11-16-7-5-8-17(10-16)18-13-23-12-15(2)26-20(23)22-18/h3-10,12-13,21H,11H2,1-2H3. The molecule has 2 aromatic carbocycles. The van der Waals surface area contributed by atoms with Crippen LogP contribution < -0.4 is 4.72 Å². The number of sulfonamides is 1. The molecule has 0 unspecified atom stereocenters. The number of aryl methyl sites for hydroxylation is 2. The maximum absolute atomic E-state index is 12.6. The van der Waals surface area contributed by atoms with Gasteiger partial charge in [-0.2, -0.15) is 0 Å². The number of hydrogen-bond acceptors (Lipinski definition) is 4. The van der Waals surface area contributed by atoms with Crippen molar-refractivity contribution in [3.8, 4) is 11.3 Å². The molecule has 1 N–H and O–H groups in total. The van der Waals surface area contributed by atoms with Gasteiger partial charge in [-0.15, -0.1) is 11.3 Å². The fraction of sp³-hybridized carbons (Fsp3) is 0.150. The number of rotatable bonds is 5. The topological polar surface area (TPSA) is 63.5 Å². The van der Waals surface area contributed by atoms with Crippen LogP contribution in [0.3, 0.4) is 0 Å². The molecule has 0 spiro atoms. The zero-order chi connectivity index (χ0) is 19.0. The lowest BCUT2D eigenvalue weighted by molar-refractivity contribution is 0.580.